The third-order valence-corrected chi connectivity index (χ3v) is 4.12. The molecule has 1 aliphatic heterocycles. The van der Waals surface area contributed by atoms with E-state index in [1.165, 1.54) is 6.20 Å². The average Bonchev–Trinajstić information content (AvgIpc) is 3.21. The molecule has 0 bridgehead atoms. The number of guanidine groups is 1. The van der Waals surface area contributed by atoms with E-state index in [1.807, 2.05) is 0 Å². The number of pyridine rings is 1. The smallest absolute Gasteiger partial charge is 0.452 e. The molecule has 10 heteroatoms. The quantitative estimate of drug-likeness (QED) is 0.248. The van der Waals surface area contributed by atoms with Crippen LogP contribution in [0.5, 0.6) is 0 Å². The molecule has 3 rings (SSSR count). The summed E-state index contributed by atoms with van der Waals surface area (Å²) in [5.74, 6) is -0.622. The summed E-state index contributed by atoms with van der Waals surface area (Å²) in [7, 11) is -0.541. The SMILES string of the molecule is NC(N)=NCC(OC(=O)c1cccnc1)c1ccc(B2OC[C@@H](CO)O2)cc1. The van der Waals surface area contributed by atoms with Crippen LogP contribution in [0.3, 0.4) is 0 Å². The molecule has 2 aromatic rings. The molecule has 0 spiro atoms. The van der Waals surface area contributed by atoms with Gasteiger partial charge in [-0.1, -0.05) is 24.3 Å². The van der Waals surface area contributed by atoms with Crippen molar-refractivity contribution in [2.75, 3.05) is 19.8 Å². The third-order valence-electron chi connectivity index (χ3n) is 4.12. The topological polar surface area (TPSA) is 142 Å². The molecular weight excluding hydrogens is 363 g/mol. The van der Waals surface area contributed by atoms with Crippen LogP contribution in [-0.2, 0) is 14.0 Å². The minimum atomic E-state index is -0.681. The predicted molar refractivity (Wildman–Crippen MR) is 103 cm³/mol. The molecule has 1 aliphatic rings. The Morgan fingerprint density at radius 2 is 2.14 bits per heavy atom. The van der Waals surface area contributed by atoms with Crippen LogP contribution in [0.4, 0.5) is 0 Å². The van der Waals surface area contributed by atoms with E-state index in [9.17, 15) is 4.79 Å². The highest BCUT2D eigenvalue weighted by Crippen LogP contribution is 2.20. The number of hydrogen-bond acceptors (Lipinski definition) is 7. The molecule has 1 aromatic heterocycles. The van der Waals surface area contributed by atoms with Crippen molar-refractivity contribution < 1.29 is 23.9 Å². The van der Waals surface area contributed by atoms with Crippen molar-refractivity contribution in [3.05, 3.63) is 59.9 Å². The van der Waals surface area contributed by atoms with Crippen LogP contribution in [0.25, 0.3) is 0 Å². The molecule has 0 amide bonds. The molecule has 2 atom stereocenters. The van der Waals surface area contributed by atoms with Crippen molar-refractivity contribution in [1.29, 1.82) is 0 Å². The van der Waals surface area contributed by atoms with Crippen LogP contribution in [0, 0.1) is 0 Å². The van der Waals surface area contributed by atoms with Gasteiger partial charge < -0.3 is 30.6 Å². The van der Waals surface area contributed by atoms with Gasteiger partial charge in [-0.15, -0.1) is 0 Å². The lowest BCUT2D eigenvalue weighted by Gasteiger charge is -2.17. The third kappa shape index (κ3) is 5.06. The fraction of sp³-hybridized carbons (Fsp3) is 0.278. The molecule has 9 nitrogen and oxygen atoms in total. The summed E-state index contributed by atoms with van der Waals surface area (Å²) < 4.78 is 16.7. The Balaban J connectivity index is 1.74. The molecule has 1 aromatic carbocycles. The second kappa shape index (κ2) is 9.31. The summed E-state index contributed by atoms with van der Waals surface area (Å²) in [4.78, 5) is 20.3. The summed E-state index contributed by atoms with van der Waals surface area (Å²) in [6, 6.07) is 10.5. The van der Waals surface area contributed by atoms with E-state index < -0.39 is 19.2 Å². The van der Waals surface area contributed by atoms with Gasteiger partial charge in [-0.05, 0) is 23.2 Å². The molecular formula is C18H21BN4O5. The second-order valence-corrected chi connectivity index (χ2v) is 6.17. The van der Waals surface area contributed by atoms with Gasteiger partial charge >= 0.3 is 13.1 Å². The summed E-state index contributed by atoms with van der Waals surface area (Å²) >= 11 is 0. The number of aliphatic hydroxyl groups excluding tert-OH is 1. The van der Waals surface area contributed by atoms with E-state index in [2.05, 4.69) is 9.98 Å². The van der Waals surface area contributed by atoms with Gasteiger partial charge in [-0.25, -0.2) is 9.79 Å². The van der Waals surface area contributed by atoms with Crippen LogP contribution >= 0.6 is 0 Å². The highest BCUT2D eigenvalue weighted by molar-refractivity contribution is 6.61. The lowest BCUT2D eigenvalue weighted by Crippen LogP contribution is -2.33. The maximum Gasteiger partial charge on any atom is 0.494 e. The zero-order chi connectivity index (χ0) is 19.9. The zero-order valence-corrected chi connectivity index (χ0v) is 15.1. The number of hydrogen-bond donors (Lipinski definition) is 3. The summed E-state index contributed by atoms with van der Waals surface area (Å²) in [5.41, 5.74) is 12.7. The number of nitrogens with two attached hydrogens (primary N) is 2. The first kappa shape index (κ1) is 19.8. The molecule has 0 radical (unpaired) electrons. The van der Waals surface area contributed by atoms with Gasteiger partial charge in [0.15, 0.2) is 5.96 Å². The van der Waals surface area contributed by atoms with Crippen molar-refractivity contribution >= 4 is 24.5 Å². The van der Waals surface area contributed by atoms with Crippen LogP contribution in [0.15, 0.2) is 53.8 Å². The van der Waals surface area contributed by atoms with Crippen molar-refractivity contribution in [3.63, 3.8) is 0 Å². The Labute approximate surface area is 162 Å². The maximum absolute atomic E-state index is 12.4. The Kier molecular flexibility index (Phi) is 6.59. The Hall–Kier alpha value is -2.95. The average molecular weight is 384 g/mol. The molecule has 146 valence electrons. The fourth-order valence-electron chi connectivity index (χ4n) is 2.67. The number of carbonyl (C=O) groups is 1. The highest BCUT2D eigenvalue weighted by Gasteiger charge is 2.32. The number of aliphatic imine (C=N–C) groups is 1. The predicted octanol–water partition coefficient (Wildman–Crippen LogP) is -0.644. The molecule has 2 heterocycles. The van der Waals surface area contributed by atoms with E-state index in [4.69, 9.17) is 30.6 Å². The van der Waals surface area contributed by atoms with Crippen LogP contribution in [0.1, 0.15) is 22.0 Å². The standard InChI is InChI=1S/C18H21BN4O5/c20-18(21)23-9-16(27-17(25)13-2-1-7-22-8-13)12-3-5-14(6-4-12)19-26-11-15(10-24)28-19/h1-8,15-16,24H,9-11H2,(H4,20,21,23)/t15-,16?/m1/s1. The van der Waals surface area contributed by atoms with Crippen LogP contribution in [0.2, 0.25) is 0 Å². The van der Waals surface area contributed by atoms with Gasteiger partial charge in [-0.3, -0.25) is 4.98 Å². The normalized spacial score (nSPS) is 17.2. The number of carbonyl (C=O) groups excluding carboxylic acids is 1. The first-order valence-corrected chi connectivity index (χ1v) is 8.71. The van der Waals surface area contributed by atoms with Crippen molar-refractivity contribution in [2.45, 2.75) is 12.2 Å². The largest absolute Gasteiger partial charge is 0.494 e. The number of benzene rings is 1. The second-order valence-electron chi connectivity index (χ2n) is 6.17. The van der Waals surface area contributed by atoms with Gasteiger partial charge in [0.2, 0.25) is 0 Å². The zero-order valence-electron chi connectivity index (χ0n) is 15.1. The molecule has 0 aliphatic carbocycles. The summed E-state index contributed by atoms with van der Waals surface area (Å²) in [6.07, 6.45) is 1.98. The molecule has 0 saturated carbocycles. The number of aliphatic hydroxyl groups is 1. The van der Waals surface area contributed by atoms with E-state index in [0.717, 1.165) is 5.46 Å². The van der Waals surface area contributed by atoms with E-state index in [0.29, 0.717) is 17.7 Å². The Morgan fingerprint density at radius 1 is 1.36 bits per heavy atom. The van der Waals surface area contributed by atoms with Crippen molar-refractivity contribution in [3.8, 4) is 0 Å². The first-order chi connectivity index (χ1) is 13.6. The van der Waals surface area contributed by atoms with Crippen LogP contribution in [-0.4, -0.2) is 55.0 Å². The van der Waals surface area contributed by atoms with Gasteiger partial charge in [0.05, 0.1) is 31.4 Å². The monoisotopic (exact) mass is 384 g/mol. The van der Waals surface area contributed by atoms with Gasteiger partial charge in [0, 0.05) is 12.4 Å². The number of nitrogens with zero attached hydrogens (tertiary/aromatic N) is 2. The summed E-state index contributed by atoms with van der Waals surface area (Å²) in [5, 5.41) is 9.14. The number of rotatable bonds is 7. The number of aromatic nitrogens is 1. The van der Waals surface area contributed by atoms with Crippen LogP contribution < -0.4 is 16.9 Å². The molecule has 1 fully saturated rings. The molecule has 1 unspecified atom stereocenters. The molecule has 5 N–H and O–H groups in total. The lowest BCUT2D eigenvalue weighted by molar-refractivity contribution is 0.0316. The van der Waals surface area contributed by atoms with E-state index in [1.54, 1.807) is 42.6 Å². The minimum Gasteiger partial charge on any atom is -0.452 e. The highest BCUT2D eigenvalue weighted by atomic mass is 16.6. The fourth-order valence-corrected chi connectivity index (χ4v) is 2.67. The Bertz CT molecular complexity index is 814. The minimum absolute atomic E-state index is 0.0801. The Morgan fingerprint density at radius 3 is 2.75 bits per heavy atom. The first-order valence-electron chi connectivity index (χ1n) is 8.71. The van der Waals surface area contributed by atoms with E-state index >= 15 is 0 Å². The lowest BCUT2D eigenvalue weighted by atomic mass is 9.79. The van der Waals surface area contributed by atoms with Crippen molar-refractivity contribution in [2.24, 2.45) is 16.5 Å². The summed E-state index contributed by atoms with van der Waals surface area (Å²) in [6.45, 7) is 0.314. The maximum atomic E-state index is 12.4. The van der Waals surface area contributed by atoms with Gasteiger partial charge in [0.25, 0.3) is 0 Å². The van der Waals surface area contributed by atoms with Gasteiger partial charge in [-0.2, -0.15) is 0 Å². The number of ether oxygens (including phenoxy) is 1. The van der Waals surface area contributed by atoms with E-state index in [-0.39, 0.29) is 25.2 Å². The van der Waals surface area contributed by atoms with Crippen molar-refractivity contribution in [1.82, 2.24) is 4.98 Å². The molecule has 1 saturated heterocycles. The van der Waals surface area contributed by atoms with Gasteiger partial charge in [0.1, 0.15) is 6.10 Å². The molecule has 28 heavy (non-hydrogen) atoms. The number of esters is 1.